The summed E-state index contributed by atoms with van der Waals surface area (Å²) in [5, 5.41) is 12.5. The lowest BCUT2D eigenvalue weighted by Gasteiger charge is -2.30. The van der Waals surface area contributed by atoms with E-state index >= 15 is 0 Å². The first kappa shape index (κ1) is 13.0. The van der Waals surface area contributed by atoms with Crippen molar-refractivity contribution in [2.45, 2.75) is 26.0 Å². The zero-order chi connectivity index (χ0) is 13.4. The molecule has 2 heterocycles. The number of rotatable bonds is 2. The molecule has 1 N–H and O–H groups in total. The van der Waals surface area contributed by atoms with Crippen LogP contribution < -0.4 is 4.90 Å². The molecule has 0 bridgehead atoms. The van der Waals surface area contributed by atoms with Gasteiger partial charge in [0, 0.05) is 18.0 Å². The van der Waals surface area contributed by atoms with Gasteiger partial charge < -0.3 is 10.0 Å². The van der Waals surface area contributed by atoms with E-state index in [1.807, 2.05) is 29.5 Å². The van der Waals surface area contributed by atoms with Crippen LogP contribution in [0.25, 0.3) is 0 Å². The van der Waals surface area contributed by atoms with Gasteiger partial charge in [0.05, 0.1) is 16.8 Å². The summed E-state index contributed by atoms with van der Waals surface area (Å²) in [5.41, 5.74) is 3.33. The van der Waals surface area contributed by atoms with E-state index in [1.54, 1.807) is 6.92 Å². The molecule has 0 amide bonds. The largest absolute Gasteiger partial charge is 0.389 e. The summed E-state index contributed by atoms with van der Waals surface area (Å²) >= 11 is 8.20. The molecule has 1 aromatic carbocycles. The molecule has 2 aromatic rings. The maximum absolute atomic E-state index is 9.58. The molecular weight excluding hydrogens is 278 g/mol. The summed E-state index contributed by atoms with van der Waals surface area (Å²) in [6.07, 6.45) is 0.609. The lowest BCUT2D eigenvalue weighted by Crippen LogP contribution is -2.29. The number of benzene rings is 1. The first-order chi connectivity index (χ1) is 9.15. The molecule has 0 radical (unpaired) electrons. The minimum atomic E-state index is -0.476. The third-order valence-electron chi connectivity index (χ3n) is 3.60. The highest BCUT2D eigenvalue weighted by Crippen LogP contribution is 2.33. The highest BCUT2D eigenvalue weighted by molar-refractivity contribution is 7.10. The second-order valence-corrected chi connectivity index (χ2v) is 6.34. The molecule has 0 saturated heterocycles. The molecule has 1 aromatic heterocycles. The number of halogens is 1. The summed E-state index contributed by atoms with van der Waals surface area (Å²) in [5.74, 6) is 0. The van der Waals surface area contributed by atoms with Gasteiger partial charge in [0.25, 0.3) is 0 Å². The predicted octanol–water partition coefficient (Wildman–Crippen LogP) is 4.02. The minimum absolute atomic E-state index is 0.476. The molecular formula is C15H16ClNOS. The Morgan fingerprint density at radius 3 is 2.95 bits per heavy atom. The monoisotopic (exact) mass is 293 g/mol. The minimum Gasteiger partial charge on any atom is -0.389 e. The first-order valence-electron chi connectivity index (χ1n) is 6.43. The van der Waals surface area contributed by atoms with Crippen molar-refractivity contribution >= 4 is 28.6 Å². The SMILES string of the molecule is C[C@H](O)c1ccc(N2CCc3sccc3C2)c(Cl)c1. The van der Waals surface area contributed by atoms with Crippen LogP contribution in [-0.4, -0.2) is 11.7 Å². The number of anilines is 1. The Morgan fingerprint density at radius 2 is 2.21 bits per heavy atom. The van der Waals surface area contributed by atoms with Crippen LogP contribution in [-0.2, 0) is 13.0 Å². The van der Waals surface area contributed by atoms with Crippen molar-refractivity contribution in [3.63, 3.8) is 0 Å². The van der Waals surface area contributed by atoms with Crippen LogP contribution in [0.4, 0.5) is 5.69 Å². The molecule has 0 spiro atoms. The Hall–Kier alpha value is -1.03. The molecule has 1 atom stereocenters. The van der Waals surface area contributed by atoms with Crippen molar-refractivity contribution < 1.29 is 5.11 Å². The van der Waals surface area contributed by atoms with Crippen LogP contribution in [0.15, 0.2) is 29.6 Å². The maximum atomic E-state index is 9.58. The van der Waals surface area contributed by atoms with Gasteiger partial charge in [-0.3, -0.25) is 0 Å². The first-order valence-corrected chi connectivity index (χ1v) is 7.68. The van der Waals surface area contributed by atoms with Crippen LogP contribution in [0, 0.1) is 0 Å². The van der Waals surface area contributed by atoms with E-state index in [1.165, 1.54) is 10.4 Å². The van der Waals surface area contributed by atoms with Gasteiger partial charge in [-0.25, -0.2) is 0 Å². The zero-order valence-corrected chi connectivity index (χ0v) is 12.3. The van der Waals surface area contributed by atoms with Crippen LogP contribution in [0.3, 0.4) is 0 Å². The van der Waals surface area contributed by atoms with Crippen LogP contribution in [0.1, 0.15) is 29.0 Å². The highest BCUT2D eigenvalue weighted by atomic mass is 35.5. The summed E-state index contributed by atoms with van der Waals surface area (Å²) in [6, 6.07) is 8.03. The molecule has 19 heavy (non-hydrogen) atoms. The van der Waals surface area contributed by atoms with Crippen LogP contribution >= 0.6 is 22.9 Å². The summed E-state index contributed by atoms with van der Waals surface area (Å²) < 4.78 is 0. The zero-order valence-electron chi connectivity index (χ0n) is 10.8. The van der Waals surface area contributed by atoms with E-state index in [9.17, 15) is 5.11 Å². The molecule has 1 aliphatic heterocycles. The maximum Gasteiger partial charge on any atom is 0.0762 e. The third kappa shape index (κ3) is 2.50. The van der Waals surface area contributed by atoms with Gasteiger partial charge in [0.1, 0.15) is 0 Å². The molecule has 100 valence electrons. The Kier molecular flexibility index (Phi) is 3.52. The quantitative estimate of drug-likeness (QED) is 0.904. The average molecular weight is 294 g/mol. The van der Waals surface area contributed by atoms with Gasteiger partial charge in [-0.2, -0.15) is 0 Å². The van der Waals surface area contributed by atoms with Crippen molar-refractivity contribution in [1.82, 2.24) is 0 Å². The molecule has 0 unspecified atom stereocenters. The Labute approximate surface area is 122 Å². The number of hydrogen-bond donors (Lipinski definition) is 1. The van der Waals surface area contributed by atoms with Gasteiger partial charge in [0.2, 0.25) is 0 Å². The Balaban J connectivity index is 1.88. The van der Waals surface area contributed by atoms with E-state index in [0.717, 1.165) is 35.8 Å². The molecule has 4 heteroatoms. The average Bonchev–Trinajstić information content (AvgIpc) is 2.85. The Bertz CT molecular complexity index is 594. The number of nitrogens with zero attached hydrogens (tertiary/aromatic N) is 1. The number of fused-ring (bicyclic) bond motifs is 1. The highest BCUT2D eigenvalue weighted by Gasteiger charge is 2.19. The van der Waals surface area contributed by atoms with Crippen molar-refractivity contribution in [3.05, 3.63) is 50.7 Å². The van der Waals surface area contributed by atoms with E-state index in [0.29, 0.717) is 0 Å². The second-order valence-electron chi connectivity index (χ2n) is 4.93. The molecule has 2 nitrogen and oxygen atoms in total. The molecule has 0 saturated carbocycles. The van der Waals surface area contributed by atoms with Crippen LogP contribution in [0.2, 0.25) is 5.02 Å². The summed E-state index contributed by atoms with van der Waals surface area (Å²) in [6.45, 7) is 3.68. The molecule has 0 fully saturated rings. The van der Waals surface area contributed by atoms with Gasteiger partial charge >= 0.3 is 0 Å². The third-order valence-corrected chi connectivity index (χ3v) is 4.93. The van der Waals surface area contributed by atoms with Crippen molar-refractivity contribution in [3.8, 4) is 0 Å². The Morgan fingerprint density at radius 1 is 1.37 bits per heavy atom. The van der Waals surface area contributed by atoms with Crippen molar-refractivity contribution in [2.24, 2.45) is 0 Å². The normalized spacial score (nSPS) is 16.3. The number of thiophene rings is 1. The lowest BCUT2D eigenvalue weighted by molar-refractivity contribution is 0.199. The number of aliphatic hydroxyl groups excluding tert-OH is 1. The molecule has 3 rings (SSSR count). The lowest BCUT2D eigenvalue weighted by atomic mass is 10.1. The van der Waals surface area contributed by atoms with E-state index < -0.39 is 6.10 Å². The number of aliphatic hydroxyl groups is 1. The van der Waals surface area contributed by atoms with Gasteiger partial charge in [-0.05, 0) is 48.1 Å². The van der Waals surface area contributed by atoms with E-state index in [-0.39, 0.29) is 0 Å². The summed E-state index contributed by atoms with van der Waals surface area (Å²) in [7, 11) is 0. The fourth-order valence-corrected chi connectivity index (χ4v) is 3.69. The van der Waals surface area contributed by atoms with Gasteiger partial charge in [0.15, 0.2) is 0 Å². The topological polar surface area (TPSA) is 23.5 Å². The fourth-order valence-electron chi connectivity index (χ4n) is 2.49. The molecule has 0 aliphatic carbocycles. The summed E-state index contributed by atoms with van der Waals surface area (Å²) in [4.78, 5) is 3.80. The van der Waals surface area contributed by atoms with E-state index in [2.05, 4.69) is 16.3 Å². The fraction of sp³-hybridized carbons (Fsp3) is 0.333. The van der Waals surface area contributed by atoms with Crippen LogP contribution in [0.5, 0.6) is 0 Å². The standard InChI is InChI=1S/C15H16ClNOS/c1-10(18)11-2-3-14(13(16)8-11)17-6-4-15-12(9-17)5-7-19-15/h2-3,5,7-8,10,18H,4,6,9H2,1H3/t10-/m0/s1. The molecule has 1 aliphatic rings. The van der Waals surface area contributed by atoms with E-state index in [4.69, 9.17) is 11.6 Å². The van der Waals surface area contributed by atoms with Gasteiger partial charge in [-0.1, -0.05) is 17.7 Å². The number of hydrogen-bond acceptors (Lipinski definition) is 3. The predicted molar refractivity (Wildman–Crippen MR) is 81.2 cm³/mol. The van der Waals surface area contributed by atoms with Gasteiger partial charge in [-0.15, -0.1) is 11.3 Å². The van der Waals surface area contributed by atoms with Crippen molar-refractivity contribution in [2.75, 3.05) is 11.4 Å². The second kappa shape index (κ2) is 5.16. The smallest absolute Gasteiger partial charge is 0.0762 e. The van der Waals surface area contributed by atoms with Crippen molar-refractivity contribution in [1.29, 1.82) is 0 Å².